The fourth-order valence-corrected chi connectivity index (χ4v) is 1.24. The summed E-state index contributed by atoms with van der Waals surface area (Å²) in [6.07, 6.45) is 2.90. The Labute approximate surface area is 79.6 Å². The molecule has 1 fully saturated rings. The summed E-state index contributed by atoms with van der Waals surface area (Å²) in [6, 6.07) is 0. The number of aliphatic hydroxyl groups excluding tert-OH is 1. The molecule has 1 aliphatic carbocycles. The van der Waals surface area contributed by atoms with Gasteiger partial charge >= 0.3 is 5.69 Å². The first kappa shape index (κ1) is 8.74. The van der Waals surface area contributed by atoms with Crippen molar-refractivity contribution in [3.8, 4) is 0 Å². The fraction of sp³-hybridized carbons (Fsp3) is 0.375. The third-order valence-electron chi connectivity index (χ3n) is 2.07. The van der Waals surface area contributed by atoms with Crippen molar-refractivity contribution in [1.29, 1.82) is 0 Å². The largest absolute Gasteiger partial charge is 0.505 e. The second kappa shape index (κ2) is 2.83. The molecule has 0 saturated heterocycles. The van der Waals surface area contributed by atoms with E-state index in [0.717, 1.165) is 18.4 Å². The van der Waals surface area contributed by atoms with Crippen LogP contribution in [-0.4, -0.2) is 19.8 Å². The molecule has 1 N–H and O–H groups in total. The molecule has 0 aliphatic heterocycles. The maximum Gasteiger partial charge on any atom is 0.318 e. The molecule has 74 valence electrons. The van der Waals surface area contributed by atoms with Crippen molar-refractivity contribution in [3.05, 3.63) is 27.6 Å². The number of aliphatic hydroxyl groups is 1. The zero-order chi connectivity index (χ0) is 10.3. The van der Waals surface area contributed by atoms with Crippen LogP contribution in [0, 0.1) is 10.1 Å². The molecule has 1 saturated carbocycles. The normalized spacial score (nSPS) is 14.2. The summed E-state index contributed by atoms with van der Waals surface area (Å²) in [7, 11) is 1.58. The van der Waals surface area contributed by atoms with Crippen LogP contribution < -0.4 is 0 Å². The first-order valence-corrected chi connectivity index (χ1v) is 4.19. The molecule has 0 radical (unpaired) electrons. The molecule has 1 aromatic rings. The molecule has 14 heavy (non-hydrogen) atoms. The van der Waals surface area contributed by atoms with Gasteiger partial charge in [-0.25, -0.2) is 0 Å². The Morgan fingerprint density at radius 1 is 1.71 bits per heavy atom. The summed E-state index contributed by atoms with van der Waals surface area (Å²) >= 11 is 0. The highest BCUT2D eigenvalue weighted by atomic mass is 16.6. The number of nitro groups is 1. The molecule has 1 aromatic heterocycles. The van der Waals surface area contributed by atoms with Gasteiger partial charge in [0.05, 0.1) is 4.92 Å². The van der Waals surface area contributed by atoms with Crippen LogP contribution in [0.15, 0.2) is 11.8 Å². The van der Waals surface area contributed by atoms with Gasteiger partial charge in [-0.1, -0.05) is 0 Å². The van der Waals surface area contributed by atoms with E-state index in [9.17, 15) is 15.2 Å². The van der Waals surface area contributed by atoms with Gasteiger partial charge in [-0.05, 0) is 18.4 Å². The summed E-state index contributed by atoms with van der Waals surface area (Å²) in [5, 5.41) is 24.1. The minimum absolute atomic E-state index is 0.0303. The Kier molecular flexibility index (Phi) is 1.77. The third kappa shape index (κ3) is 1.34. The van der Waals surface area contributed by atoms with Gasteiger partial charge in [-0.2, -0.15) is 5.10 Å². The zero-order valence-electron chi connectivity index (χ0n) is 7.60. The lowest BCUT2D eigenvalue weighted by atomic mass is 10.3. The zero-order valence-corrected chi connectivity index (χ0v) is 7.60. The lowest BCUT2D eigenvalue weighted by Crippen LogP contribution is -1.93. The van der Waals surface area contributed by atoms with Crippen LogP contribution >= 0.6 is 0 Å². The van der Waals surface area contributed by atoms with Gasteiger partial charge in [0.25, 0.3) is 0 Å². The second-order valence-electron chi connectivity index (χ2n) is 3.25. The van der Waals surface area contributed by atoms with E-state index < -0.39 is 4.92 Å². The summed E-state index contributed by atoms with van der Waals surface area (Å²) in [6.45, 7) is 0. The molecule has 6 nitrogen and oxygen atoms in total. The molecule has 6 heteroatoms. The summed E-state index contributed by atoms with van der Waals surface area (Å²) in [4.78, 5) is 10.1. The van der Waals surface area contributed by atoms with E-state index in [1.165, 1.54) is 10.9 Å². The first-order valence-electron chi connectivity index (χ1n) is 4.19. The predicted molar refractivity (Wildman–Crippen MR) is 48.6 cm³/mol. The molecule has 1 aliphatic rings. The van der Waals surface area contributed by atoms with Gasteiger partial charge in [-0.3, -0.25) is 14.8 Å². The average Bonchev–Trinajstić information content (AvgIpc) is 2.87. The predicted octanol–water partition coefficient (Wildman–Crippen LogP) is 1.39. The van der Waals surface area contributed by atoms with Crippen LogP contribution in [0.4, 0.5) is 5.69 Å². The minimum Gasteiger partial charge on any atom is -0.505 e. The molecule has 0 amide bonds. The topological polar surface area (TPSA) is 81.2 Å². The average molecular weight is 195 g/mol. The van der Waals surface area contributed by atoms with Crippen molar-refractivity contribution in [3.63, 3.8) is 0 Å². The SMILES string of the molecule is Cn1cc([N+](=O)[O-])c(C(O)=C2CC2)n1. The number of allylic oxidation sites excluding steroid dienone is 1. The van der Waals surface area contributed by atoms with Gasteiger partial charge in [0.1, 0.15) is 12.0 Å². The molecule has 0 atom stereocenters. The Morgan fingerprint density at radius 2 is 2.36 bits per heavy atom. The van der Waals surface area contributed by atoms with Gasteiger partial charge in [0.2, 0.25) is 5.69 Å². The maximum absolute atomic E-state index is 10.6. The summed E-state index contributed by atoms with van der Waals surface area (Å²) < 4.78 is 1.33. The number of hydrogen-bond donors (Lipinski definition) is 1. The van der Waals surface area contributed by atoms with Crippen molar-refractivity contribution < 1.29 is 10.0 Å². The molecule has 0 aromatic carbocycles. The van der Waals surface area contributed by atoms with E-state index >= 15 is 0 Å². The Bertz CT molecular complexity index is 427. The van der Waals surface area contributed by atoms with Gasteiger partial charge in [0, 0.05) is 7.05 Å². The smallest absolute Gasteiger partial charge is 0.318 e. The standard InChI is InChI=1S/C8H9N3O3/c1-10-4-6(11(13)14)7(9-10)8(12)5-2-3-5/h4,12H,2-3H2,1H3. The monoisotopic (exact) mass is 195 g/mol. The van der Waals surface area contributed by atoms with Crippen LogP contribution in [0.5, 0.6) is 0 Å². The van der Waals surface area contributed by atoms with E-state index in [1.54, 1.807) is 7.05 Å². The number of rotatable bonds is 2. The van der Waals surface area contributed by atoms with E-state index in [4.69, 9.17) is 0 Å². The minimum atomic E-state index is -0.540. The van der Waals surface area contributed by atoms with Gasteiger partial charge in [0.15, 0.2) is 0 Å². The Balaban J connectivity index is 2.51. The molecular weight excluding hydrogens is 186 g/mol. The van der Waals surface area contributed by atoms with Crippen LogP contribution in [0.3, 0.4) is 0 Å². The van der Waals surface area contributed by atoms with Crippen molar-refractivity contribution in [2.24, 2.45) is 7.05 Å². The molecule has 0 bridgehead atoms. The quantitative estimate of drug-likeness (QED) is 0.439. The van der Waals surface area contributed by atoms with Crippen LogP contribution in [0.2, 0.25) is 0 Å². The van der Waals surface area contributed by atoms with Gasteiger partial charge < -0.3 is 5.11 Å². The van der Waals surface area contributed by atoms with Gasteiger partial charge in [-0.15, -0.1) is 0 Å². The molecule has 0 unspecified atom stereocenters. The summed E-state index contributed by atoms with van der Waals surface area (Å²) in [5.74, 6) is -0.0303. The number of aromatic nitrogens is 2. The molecule has 1 heterocycles. The lowest BCUT2D eigenvalue weighted by Gasteiger charge is -1.92. The van der Waals surface area contributed by atoms with E-state index in [1.807, 2.05) is 0 Å². The van der Waals surface area contributed by atoms with Crippen LogP contribution in [0.25, 0.3) is 5.76 Å². The van der Waals surface area contributed by atoms with Crippen molar-refractivity contribution >= 4 is 11.4 Å². The Hall–Kier alpha value is -1.85. The lowest BCUT2D eigenvalue weighted by molar-refractivity contribution is -0.385. The summed E-state index contributed by atoms with van der Waals surface area (Å²) in [5.41, 5.74) is 0.765. The Morgan fingerprint density at radius 3 is 2.86 bits per heavy atom. The van der Waals surface area contributed by atoms with E-state index in [-0.39, 0.29) is 17.1 Å². The molecular formula is C8H9N3O3. The molecule has 2 rings (SSSR count). The van der Waals surface area contributed by atoms with Crippen molar-refractivity contribution in [1.82, 2.24) is 9.78 Å². The van der Waals surface area contributed by atoms with Crippen molar-refractivity contribution in [2.75, 3.05) is 0 Å². The molecule has 0 spiro atoms. The number of aryl methyl sites for hydroxylation is 1. The highest BCUT2D eigenvalue weighted by Crippen LogP contribution is 2.36. The highest BCUT2D eigenvalue weighted by Gasteiger charge is 2.27. The second-order valence-corrected chi connectivity index (χ2v) is 3.25. The van der Waals surface area contributed by atoms with Crippen molar-refractivity contribution in [2.45, 2.75) is 12.8 Å². The third-order valence-corrected chi connectivity index (χ3v) is 2.07. The first-order chi connectivity index (χ1) is 6.59. The van der Waals surface area contributed by atoms with Crippen LogP contribution in [0.1, 0.15) is 18.5 Å². The highest BCUT2D eigenvalue weighted by molar-refractivity contribution is 5.68. The fourth-order valence-electron chi connectivity index (χ4n) is 1.24. The van der Waals surface area contributed by atoms with E-state index in [0.29, 0.717) is 0 Å². The van der Waals surface area contributed by atoms with Crippen LogP contribution in [-0.2, 0) is 7.05 Å². The maximum atomic E-state index is 10.6. The van der Waals surface area contributed by atoms with E-state index in [2.05, 4.69) is 5.10 Å². The number of hydrogen-bond acceptors (Lipinski definition) is 4. The number of nitrogens with zero attached hydrogens (tertiary/aromatic N) is 3.